The zero-order valence-electron chi connectivity index (χ0n) is 9.21. The number of nitrogens with zero attached hydrogens (tertiary/aromatic N) is 3. The number of anilines is 1. The molecule has 1 aromatic rings. The Balaban J connectivity index is 3.01. The zero-order chi connectivity index (χ0) is 12.1. The van der Waals surface area contributed by atoms with Crippen molar-refractivity contribution < 1.29 is 9.90 Å². The monoisotopic (exact) mass is 219 g/mol. The standard InChI is InChI=1S/C11H13N3O2/c1-8(2)14(7-11(15)16)10-3-4-13-9(5-10)6-12/h3-5,8H,7H2,1-2H3,(H,15,16). The highest BCUT2D eigenvalue weighted by Gasteiger charge is 2.14. The van der Waals surface area contributed by atoms with Crippen LogP contribution in [0, 0.1) is 11.3 Å². The lowest BCUT2D eigenvalue weighted by Crippen LogP contribution is -2.35. The van der Waals surface area contributed by atoms with Crippen molar-refractivity contribution in [1.82, 2.24) is 4.98 Å². The number of carbonyl (C=O) groups is 1. The van der Waals surface area contributed by atoms with Crippen LogP contribution in [0.5, 0.6) is 0 Å². The summed E-state index contributed by atoms with van der Waals surface area (Å²) in [5.41, 5.74) is 0.984. The van der Waals surface area contributed by atoms with Crippen molar-refractivity contribution in [3.63, 3.8) is 0 Å². The van der Waals surface area contributed by atoms with Crippen LogP contribution in [0.15, 0.2) is 18.3 Å². The highest BCUT2D eigenvalue weighted by atomic mass is 16.4. The van der Waals surface area contributed by atoms with E-state index in [9.17, 15) is 4.79 Å². The molecule has 84 valence electrons. The second-order valence-corrected chi connectivity index (χ2v) is 3.63. The van der Waals surface area contributed by atoms with Gasteiger partial charge in [0.1, 0.15) is 18.3 Å². The first-order valence-corrected chi connectivity index (χ1v) is 4.89. The van der Waals surface area contributed by atoms with E-state index in [2.05, 4.69) is 4.98 Å². The van der Waals surface area contributed by atoms with Gasteiger partial charge in [-0.1, -0.05) is 0 Å². The number of hydrogen-bond donors (Lipinski definition) is 1. The number of carboxylic acids is 1. The maximum atomic E-state index is 10.7. The number of rotatable bonds is 4. The SMILES string of the molecule is CC(C)N(CC(=O)O)c1ccnc(C#N)c1. The van der Waals surface area contributed by atoms with Crippen molar-refractivity contribution >= 4 is 11.7 Å². The van der Waals surface area contributed by atoms with Crippen molar-refractivity contribution in [2.45, 2.75) is 19.9 Å². The molecule has 0 bridgehead atoms. The third kappa shape index (κ3) is 2.95. The molecule has 0 spiro atoms. The van der Waals surface area contributed by atoms with Crippen LogP contribution in [0.4, 0.5) is 5.69 Å². The second-order valence-electron chi connectivity index (χ2n) is 3.63. The van der Waals surface area contributed by atoms with E-state index in [1.165, 1.54) is 6.20 Å². The molecule has 0 unspecified atom stereocenters. The summed E-state index contributed by atoms with van der Waals surface area (Å²) in [7, 11) is 0. The largest absolute Gasteiger partial charge is 0.480 e. The molecule has 0 aliphatic rings. The molecule has 0 saturated heterocycles. The Morgan fingerprint density at radius 3 is 2.88 bits per heavy atom. The van der Waals surface area contributed by atoms with Crippen molar-refractivity contribution in [3.05, 3.63) is 24.0 Å². The first-order valence-electron chi connectivity index (χ1n) is 4.89. The van der Waals surface area contributed by atoms with E-state index in [1.807, 2.05) is 19.9 Å². The highest BCUT2D eigenvalue weighted by Crippen LogP contribution is 2.16. The van der Waals surface area contributed by atoms with Gasteiger partial charge in [-0.3, -0.25) is 4.79 Å². The van der Waals surface area contributed by atoms with Crippen molar-refractivity contribution in [1.29, 1.82) is 5.26 Å². The molecule has 0 fully saturated rings. The average molecular weight is 219 g/mol. The Hall–Kier alpha value is -2.09. The summed E-state index contributed by atoms with van der Waals surface area (Å²) in [6, 6.07) is 5.26. The lowest BCUT2D eigenvalue weighted by molar-refractivity contribution is -0.135. The van der Waals surface area contributed by atoms with Crippen LogP contribution in [0.25, 0.3) is 0 Å². The minimum atomic E-state index is -0.899. The third-order valence-corrected chi connectivity index (χ3v) is 2.12. The van der Waals surface area contributed by atoms with Crippen LogP contribution < -0.4 is 4.90 Å². The van der Waals surface area contributed by atoms with E-state index in [0.717, 1.165) is 0 Å². The molecule has 1 aromatic heterocycles. The van der Waals surface area contributed by atoms with E-state index in [0.29, 0.717) is 5.69 Å². The van der Waals surface area contributed by atoms with Crippen LogP contribution in [-0.4, -0.2) is 28.6 Å². The minimum Gasteiger partial charge on any atom is -0.480 e. The Labute approximate surface area is 93.9 Å². The molecule has 0 saturated carbocycles. The number of aliphatic carboxylic acids is 1. The molecular formula is C11H13N3O2. The first kappa shape index (κ1) is 12.0. The fraction of sp³-hybridized carbons (Fsp3) is 0.364. The molecule has 0 aliphatic carbocycles. The fourth-order valence-corrected chi connectivity index (χ4v) is 1.38. The van der Waals surface area contributed by atoms with Gasteiger partial charge in [0.05, 0.1) is 0 Å². The van der Waals surface area contributed by atoms with E-state index in [4.69, 9.17) is 10.4 Å². The number of nitriles is 1. The summed E-state index contributed by atoms with van der Waals surface area (Å²) in [4.78, 5) is 16.3. The minimum absolute atomic E-state index is 0.0463. The van der Waals surface area contributed by atoms with Gasteiger partial charge in [-0.25, -0.2) is 4.98 Å². The molecule has 16 heavy (non-hydrogen) atoms. The quantitative estimate of drug-likeness (QED) is 0.824. The normalized spacial score (nSPS) is 9.88. The van der Waals surface area contributed by atoms with Crippen LogP contribution in [0.1, 0.15) is 19.5 Å². The van der Waals surface area contributed by atoms with Gasteiger partial charge >= 0.3 is 5.97 Å². The molecule has 0 amide bonds. The van der Waals surface area contributed by atoms with E-state index >= 15 is 0 Å². The Bertz CT molecular complexity index is 423. The lowest BCUT2D eigenvalue weighted by Gasteiger charge is -2.26. The topological polar surface area (TPSA) is 77.2 Å². The van der Waals surface area contributed by atoms with Gasteiger partial charge in [0.2, 0.25) is 0 Å². The van der Waals surface area contributed by atoms with Crippen LogP contribution in [-0.2, 0) is 4.79 Å². The Morgan fingerprint density at radius 2 is 2.38 bits per heavy atom. The zero-order valence-corrected chi connectivity index (χ0v) is 9.21. The summed E-state index contributed by atoms with van der Waals surface area (Å²) >= 11 is 0. The maximum absolute atomic E-state index is 10.7. The Kier molecular flexibility index (Phi) is 3.84. The van der Waals surface area contributed by atoms with Crippen molar-refractivity contribution in [2.75, 3.05) is 11.4 Å². The lowest BCUT2D eigenvalue weighted by atomic mass is 10.2. The molecule has 1 rings (SSSR count). The predicted molar refractivity (Wildman–Crippen MR) is 59.1 cm³/mol. The molecule has 0 radical (unpaired) electrons. The fourth-order valence-electron chi connectivity index (χ4n) is 1.38. The average Bonchev–Trinajstić information content (AvgIpc) is 2.25. The summed E-state index contributed by atoms with van der Waals surface area (Å²) in [6.45, 7) is 3.71. The highest BCUT2D eigenvalue weighted by molar-refractivity contribution is 5.74. The summed E-state index contributed by atoms with van der Waals surface area (Å²) in [6.07, 6.45) is 1.51. The van der Waals surface area contributed by atoms with Gasteiger partial charge in [0, 0.05) is 17.9 Å². The van der Waals surface area contributed by atoms with Crippen LogP contribution >= 0.6 is 0 Å². The van der Waals surface area contributed by atoms with Gasteiger partial charge < -0.3 is 10.0 Å². The molecular weight excluding hydrogens is 206 g/mol. The summed E-state index contributed by atoms with van der Waals surface area (Å²) in [5.74, 6) is -0.899. The number of carboxylic acid groups (broad SMARTS) is 1. The van der Waals surface area contributed by atoms with E-state index in [1.54, 1.807) is 17.0 Å². The molecule has 1 N–H and O–H groups in total. The molecule has 0 aliphatic heterocycles. The maximum Gasteiger partial charge on any atom is 0.323 e. The summed E-state index contributed by atoms with van der Waals surface area (Å²) < 4.78 is 0. The van der Waals surface area contributed by atoms with Crippen LogP contribution in [0.3, 0.4) is 0 Å². The van der Waals surface area contributed by atoms with Gasteiger partial charge in [-0.15, -0.1) is 0 Å². The smallest absolute Gasteiger partial charge is 0.323 e. The predicted octanol–water partition coefficient (Wildman–Crippen LogP) is 1.25. The van der Waals surface area contributed by atoms with Gasteiger partial charge in [-0.05, 0) is 26.0 Å². The van der Waals surface area contributed by atoms with E-state index < -0.39 is 5.97 Å². The van der Waals surface area contributed by atoms with Crippen LogP contribution in [0.2, 0.25) is 0 Å². The molecule has 0 atom stereocenters. The molecule has 0 aromatic carbocycles. The van der Waals surface area contributed by atoms with Crippen molar-refractivity contribution in [3.8, 4) is 6.07 Å². The van der Waals surface area contributed by atoms with Gasteiger partial charge in [0.15, 0.2) is 0 Å². The molecule has 5 nitrogen and oxygen atoms in total. The summed E-state index contributed by atoms with van der Waals surface area (Å²) in [5, 5.41) is 17.5. The molecule has 1 heterocycles. The van der Waals surface area contributed by atoms with Gasteiger partial charge in [0.25, 0.3) is 0 Å². The number of hydrogen-bond acceptors (Lipinski definition) is 4. The van der Waals surface area contributed by atoms with Gasteiger partial charge in [-0.2, -0.15) is 5.26 Å². The Morgan fingerprint density at radius 1 is 1.69 bits per heavy atom. The van der Waals surface area contributed by atoms with Crippen molar-refractivity contribution in [2.24, 2.45) is 0 Å². The number of pyridine rings is 1. The second kappa shape index (κ2) is 5.12. The number of aromatic nitrogens is 1. The van der Waals surface area contributed by atoms with E-state index in [-0.39, 0.29) is 18.3 Å². The third-order valence-electron chi connectivity index (χ3n) is 2.12. The molecule has 5 heteroatoms. The first-order chi connectivity index (χ1) is 7.54.